The molecule has 0 N–H and O–H groups in total. The quantitative estimate of drug-likeness (QED) is 0.485. The van der Waals surface area contributed by atoms with Crippen molar-refractivity contribution < 1.29 is 9.53 Å². The van der Waals surface area contributed by atoms with E-state index in [0.29, 0.717) is 12.0 Å². The van der Waals surface area contributed by atoms with Gasteiger partial charge in [-0.15, -0.1) is 0 Å². The highest BCUT2D eigenvalue weighted by atomic mass is 16.5. The minimum Gasteiger partial charge on any atom is -0.497 e. The maximum Gasteiger partial charge on any atom is 0.167 e. The second-order valence-electron chi connectivity index (χ2n) is 6.55. The van der Waals surface area contributed by atoms with Crippen LogP contribution in [0.4, 0.5) is 0 Å². The molecule has 0 unspecified atom stereocenters. The van der Waals surface area contributed by atoms with Crippen molar-refractivity contribution in [1.82, 2.24) is 9.38 Å². The molecule has 0 fully saturated rings. The van der Waals surface area contributed by atoms with E-state index in [1.165, 1.54) is 0 Å². The summed E-state index contributed by atoms with van der Waals surface area (Å²) in [6.07, 6.45) is 2.39. The van der Waals surface area contributed by atoms with Crippen LogP contribution in [0.15, 0.2) is 72.9 Å². The Morgan fingerprint density at radius 2 is 1.81 bits per heavy atom. The molecule has 0 amide bonds. The van der Waals surface area contributed by atoms with Crippen LogP contribution in [-0.4, -0.2) is 22.3 Å². The fourth-order valence-electron chi connectivity index (χ4n) is 3.19. The summed E-state index contributed by atoms with van der Waals surface area (Å²) in [5, 5.41) is 0. The first-order chi connectivity index (χ1) is 13.1. The van der Waals surface area contributed by atoms with E-state index in [4.69, 9.17) is 9.72 Å². The molecule has 0 spiro atoms. The Balaban J connectivity index is 1.59. The molecule has 0 bridgehead atoms. The molecular formula is C23H20N2O2. The van der Waals surface area contributed by atoms with Gasteiger partial charge >= 0.3 is 0 Å². The molecule has 134 valence electrons. The number of fused-ring (bicyclic) bond motifs is 1. The highest BCUT2D eigenvalue weighted by Crippen LogP contribution is 2.22. The van der Waals surface area contributed by atoms with Crippen molar-refractivity contribution >= 4 is 11.4 Å². The number of aryl methyl sites for hydroxylation is 1. The second-order valence-corrected chi connectivity index (χ2v) is 6.55. The number of methoxy groups -OCH3 is 1. The Kier molecular flexibility index (Phi) is 4.47. The van der Waals surface area contributed by atoms with Crippen molar-refractivity contribution in [3.63, 3.8) is 0 Å². The van der Waals surface area contributed by atoms with Gasteiger partial charge in [0.25, 0.3) is 0 Å². The summed E-state index contributed by atoms with van der Waals surface area (Å²) in [5.41, 5.74) is 5.63. The van der Waals surface area contributed by atoms with E-state index in [1.54, 1.807) is 19.2 Å². The summed E-state index contributed by atoms with van der Waals surface area (Å²) in [5.74, 6) is 0.830. The van der Waals surface area contributed by atoms with Crippen LogP contribution in [-0.2, 0) is 6.42 Å². The predicted octanol–water partition coefficient (Wildman–Crippen LogP) is 4.74. The number of hydrogen-bond acceptors (Lipinski definition) is 3. The molecule has 2 aromatic carbocycles. The number of ether oxygens (including phenoxy) is 1. The number of benzene rings is 2. The summed E-state index contributed by atoms with van der Waals surface area (Å²) in [6, 6.07) is 21.3. The highest BCUT2D eigenvalue weighted by molar-refractivity contribution is 5.97. The zero-order valence-corrected chi connectivity index (χ0v) is 15.3. The molecule has 0 aliphatic carbocycles. The molecular weight excluding hydrogens is 336 g/mol. The molecule has 27 heavy (non-hydrogen) atoms. The maximum atomic E-state index is 12.6. The van der Waals surface area contributed by atoms with E-state index in [1.807, 2.05) is 54.7 Å². The Bertz CT molecular complexity index is 1110. The van der Waals surface area contributed by atoms with Gasteiger partial charge in [-0.25, -0.2) is 4.98 Å². The van der Waals surface area contributed by atoms with Crippen molar-refractivity contribution in [1.29, 1.82) is 0 Å². The van der Waals surface area contributed by atoms with Crippen LogP contribution in [0.25, 0.3) is 16.9 Å². The van der Waals surface area contributed by atoms with Gasteiger partial charge in [0.1, 0.15) is 11.4 Å². The Labute approximate surface area is 158 Å². The fraction of sp³-hybridized carbons (Fsp3) is 0.130. The number of hydrogen-bond donors (Lipinski definition) is 0. The molecule has 0 saturated heterocycles. The molecule has 4 rings (SSSR count). The first kappa shape index (κ1) is 17.0. The van der Waals surface area contributed by atoms with Crippen LogP contribution in [0, 0.1) is 6.92 Å². The molecule has 4 heteroatoms. The number of Topliss-reactive ketones (excluding diaryl/α,β-unsaturated/α-hetero) is 1. The van der Waals surface area contributed by atoms with Crippen molar-refractivity contribution in [3.8, 4) is 17.0 Å². The summed E-state index contributed by atoms with van der Waals surface area (Å²) < 4.78 is 7.22. The number of imidazole rings is 1. The standard InChI is InChI=1S/C23H20N2O2/c1-16-5-3-8-23-24-21(15-25(16)23)19-7-4-6-17(13-19)14-22(26)18-9-11-20(27-2)12-10-18/h3-13,15H,14H2,1-2H3. The number of carbonyl (C=O) groups is 1. The number of carbonyl (C=O) groups excluding carboxylic acids is 1. The lowest BCUT2D eigenvalue weighted by molar-refractivity contribution is 0.0993. The topological polar surface area (TPSA) is 43.6 Å². The fourth-order valence-corrected chi connectivity index (χ4v) is 3.19. The van der Waals surface area contributed by atoms with E-state index in [2.05, 4.69) is 17.4 Å². The molecule has 0 aliphatic rings. The molecule has 0 atom stereocenters. The van der Waals surface area contributed by atoms with E-state index in [9.17, 15) is 4.79 Å². The van der Waals surface area contributed by atoms with Gasteiger partial charge in [0.15, 0.2) is 5.78 Å². The largest absolute Gasteiger partial charge is 0.497 e. The number of rotatable bonds is 5. The summed E-state index contributed by atoms with van der Waals surface area (Å²) in [6.45, 7) is 2.06. The number of pyridine rings is 1. The molecule has 0 radical (unpaired) electrons. The third-order valence-electron chi connectivity index (χ3n) is 4.70. The van der Waals surface area contributed by atoms with Gasteiger partial charge in [-0.3, -0.25) is 4.79 Å². The van der Waals surface area contributed by atoms with Gasteiger partial charge in [0, 0.05) is 29.4 Å². The second kappa shape index (κ2) is 7.08. The molecule has 0 saturated carbocycles. The van der Waals surface area contributed by atoms with Gasteiger partial charge in [-0.05, 0) is 55.0 Å². The van der Waals surface area contributed by atoms with Gasteiger partial charge in [-0.2, -0.15) is 0 Å². The Morgan fingerprint density at radius 3 is 2.56 bits per heavy atom. The lowest BCUT2D eigenvalue weighted by Crippen LogP contribution is -2.03. The highest BCUT2D eigenvalue weighted by Gasteiger charge is 2.10. The molecule has 0 aliphatic heterocycles. The van der Waals surface area contributed by atoms with Crippen molar-refractivity contribution in [2.75, 3.05) is 7.11 Å². The smallest absolute Gasteiger partial charge is 0.167 e. The lowest BCUT2D eigenvalue weighted by Gasteiger charge is -2.05. The van der Waals surface area contributed by atoms with Crippen molar-refractivity contribution in [2.24, 2.45) is 0 Å². The summed E-state index contributed by atoms with van der Waals surface area (Å²) in [7, 11) is 1.61. The average Bonchev–Trinajstić information content (AvgIpc) is 3.14. The van der Waals surface area contributed by atoms with E-state index in [0.717, 1.165) is 33.9 Å². The third kappa shape index (κ3) is 3.47. The predicted molar refractivity (Wildman–Crippen MR) is 106 cm³/mol. The summed E-state index contributed by atoms with van der Waals surface area (Å²) >= 11 is 0. The SMILES string of the molecule is COc1ccc(C(=O)Cc2cccc(-c3cn4c(C)cccc4n3)c2)cc1. The summed E-state index contributed by atoms with van der Waals surface area (Å²) in [4.78, 5) is 17.3. The van der Waals surface area contributed by atoms with Gasteiger partial charge < -0.3 is 9.14 Å². The number of nitrogens with zero attached hydrogens (tertiary/aromatic N) is 2. The number of aromatic nitrogens is 2. The van der Waals surface area contributed by atoms with E-state index >= 15 is 0 Å². The molecule has 4 aromatic rings. The Morgan fingerprint density at radius 1 is 1.04 bits per heavy atom. The molecule has 2 aromatic heterocycles. The first-order valence-corrected chi connectivity index (χ1v) is 8.85. The minimum atomic E-state index is 0.0839. The van der Waals surface area contributed by atoms with E-state index < -0.39 is 0 Å². The third-order valence-corrected chi connectivity index (χ3v) is 4.70. The van der Waals surface area contributed by atoms with Crippen LogP contribution in [0.1, 0.15) is 21.6 Å². The lowest BCUT2D eigenvalue weighted by atomic mass is 10.0. The molecule has 4 nitrogen and oxygen atoms in total. The molecule has 2 heterocycles. The maximum absolute atomic E-state index is 12.6. The first-order valence-electron chi connectivity index (χ1n) is 8.85. The van der Waals surface area contributed by atoms with Gasteiger partial charge in [-0.1, -0.05) is 24.3 Å². The zero-order chi connectivity index (χ0) is 18.8. The van der Waals surface area contributed by atoms with Crippen LogP contribution >= 0.6 is 0 Å². The van der Waals surface area contributed by atoms with Crippen molar-refractivity contribution in [3.05, 3.63) is 89.7 Å². The minimum absolute atomic E-state index is 0.0839. The van der Waals surface area contributed by atoms with Crippen LogP contribution in [0.3, 0.4) is 0 Å². The normalized spacial score (nSPS) is 10.9. The van der Waals surface area contributed by atoms with Crippen LogP contribution < -0.4 is 4.74 Å². The van der Waals surface area contributed by atoms with Crippen LogP contribution in [0.5, 0.6) is 5.75 Å². The van der Waals surface area contributed by atoms with Crippen LogP contribution in [0.2, 0.25) is 0 Å². The zero-order valence-electron chi connectivity index (χ0n) is 15.3. The van der Waals surface area contributed by atoms with Gasteiger partial charge in [0.05, 0.1) is 12.8 Å². The van der Waals surface area contributed by atoms with Crippen molar-refractivity contribution in [2.45, 2.75) is 13.3 Å². The average molecular weight is 356 g/mol. The number of ketones is 1. The van der Waals surface area contributed by atoms with Gasteiger partial charge in [0.2, 0.25) is 0 Å². The monoisotopic (exact) mass is 356 g/mol. The van der Waals surface area contributed by atoms with E-state index in [-0.39, 0.29) is 5.78 Å². The Hall–Kier alpha value is -3.40.